The van der Waals surface area contributed by atoms with Gasteiger partial charge in [0, 0.05) is 6.42 Å². The Balaban J connectivity index is 2.36. The lowest BCUT2D eigenvalue weighted by Crippen LogP contribution is -1.75. The maximum Gasteiger partial charge on any atom is 0.0882 e. The molecule has 0 bridgehead atoms. The summed E-state index contributed by atoms with van der Waals surface area (Å²) in [6.07, 6.45) is 7.62. The summed E-state index contributed by atoms with van der Waals surface area (Å²) in [5, 5.41) is 8.95. The lowest BCUT2D eigenvalue weighted by molar-refractivity contribution is 0.385. The first-order chi connectivity index (χ1) is 3.89. The van der Waals surface area contributed by atoms with Crippen LogP contribution in [0.4, 0.5) is 0 Å². The van der Waals surface area contributed by atoms with Gasteiger partial charge in [-0.3, -0.25) is 0 Å². The summed E-state index contributed by atoms with van der Waals surface area (Å²) >= 11 is 0. The zero-order valence-electron chi connectivity index (χ0n) is 5.06. The Hall–Kier alpha value is -0.460. The second-order valence-corrected chi connectivity index (χ2v) is 2.29. The second-order valence-electron chi connectivity index (χ2n) is 2.29. The molecule has 0 heterocycles. The summed E-state index contributed by atoms with van der Waals surface area (Å²) in [4.78, 5) is 0. The molecule has 0 saturated carbocycles. The summed E-state index contributed by atoms with van der Waals surface area (Å²) in [6.45, 7) is 0. The van der Waals surface area contributed by atoms with E-state index in [0.29, 0.717) is 5.76 Å². The van der Waals surface area contributed by atoms with Crippen molar-refractivity contribution in [3.8, 4) is 0 Å². The van der Waals surface area contributed by atoms with Crippen LogP contribution in [0, 0.1) is 0 Å². The van der Waals surface area contributed by atoms with Gasteiger partial charge in [0.25, 0.3) is 0 Å². The molecule has 0 aromatic heterocycles. The number of hydrogen-bond donors (Lipinski definition) is 1. The third kappa shape index (κ3) is 1.57. The van der Waals surface area contributed by atoms with E-state index >= 15 is 0 Å². The van der Waals surface area contributed by atoms with Crippen LogP contribution in [0.3, 0.4) is 0 Å². The van der Waals surface area contributed by atoms with Crippen LogP contribution in [0.5, 0.6) is 0 Å². The first-order valence-corrected chi connectivity index (χ1v) is 3.27. The topological polar surface area (TPSA) is 20.2 Å². The molecule has 0 saturated heterocycles. The van der Waals surface area contributed by atoms with Gasteiger partial charge in [0.05, 0.1) is 5.76 Å². The van der Waals surface area contributed by atoms with Crippen LogP contribution in [0.15, 0.2) is 11.8 Å². The van der Waals surface area contributed by atoms with E-state index in [0.717, 1.165) is 12.8 Å². The minimum atomic E-state index is 0.600. The molecule has 0 atom stereocenters. The van der Waals surface area contributed by atoms with Crippen LogP contribution in [-0.2, 0) is 0 Å². The maximum atomic E-state index is 8.95. The zero-order valence-corrected chi connectivity index (χ0v) is 5.06. The number of rotatable bonds is 0. The first-order valence-electron chi connectivity index (χ1n) is 3.27. The van der Waals surface area contributed by atoms with E-state index in [1.807, 2.05) is 6.08 Å². The Kier molecular flexibility index (Phi) is 1.95. The number of aliphatic hydroxyl groups is 1. The summed E-state index contributed by atoms with van der Waals surface area (Å²) in [5.41, 5.74) is 0. The van der Waals surface area contributed by atoms with E-state index in [9.17, 15) is 0 Å². The molecule has 46 valence electrons. The average Bonchev–Trinajstić information content (AvgIpc) is 1.94. The molecule has 1 aliphatic rings. The Morgan fingerprint density at radius 3 is 3.00 bits per heavy atom. The average molecular weight is 112 g/mol. The Bertz CT molecular complexity index is 94.6. The van der Waals surface area contributed by atoms with E-state index in [4.69, 9.17) is 5.11 Å². The molecule has 8 heavy (non-hydrogen) atoms. The minimum absolute atomic E-state index is 0.600. The second kappa shape index (κ2) is 2.75. The highest BCUT2D eigenvalue weighted by molar-refractivity contribution is 4.92. The molecule has 1 nitrogen and oxygen atoms in total. The molecular weight excluding hydrogens is 100 g/mol. The molecule has 0 amide bonds. The lowest BCUT2D eigenvalue weighted by atomic mass is 10.2. The lowest BCUT2D eigenvalue weighted by Gasteiger charge is -1.90. The molecule has 1 heteroatoms. The molecule has 0 aromatic rings. The first kappa shape index (κ1) is 5.67. The van der Waals surface area contributed by atoms with Crippen molar-refractivity contribution in [2.45, 2.75) is 32.1 Å². The van der Waals surface area contributed by atoms with E-state index in [1.165, 1.54) is 19.3 Å². The van der Waals surface area contributed by atoms with Gasteiger partial charge in [-0.25, -0.2) is 0 Å². The van der Waals surface area contributed by atoms with E-state index in [-0.39, 0.29) is 0 Å². The van der Waals surface area contributed by atoms with Gasteiger partial charge in [0.1, 0.15) is 0 Å². The van der Waals surface area contributed by atoms with Gasteiger partial charge in [-0.2, -0.15) is 0 Å². The van der Waals surface area contributed by atoms with Crippen molar-refractivity contribution in [3.05, 3.63) is 11.8 Å². The third-order valence-electron chi connectivity index (χ3n) is 1.52. The molecule has 0 fully saturated rings. The van der Waals surface area contributed by atoms with Crippen molar-refractivity contribution in [2.24, 2.45) is 0 Å². The van der Waals surface area contributed by atoms with Crippen LogP contribution in [-0.4, -0.2) is 5.11 Å². The van der Waals surface area contributed by atoms with Crippen LogP contribution < -0.4 is 0 Å². The van der Waals surface area contributed by atoms with Gasteiger partial charge in [0.2, 0.25) is 0 Å². The number of aliphatic hydroxyl groups excluding tert-OH is 1. The molecular formula is C7H12O. The fourth-order valence-electron chi connectivity index (χ4n) is 0.998. The molecule has 1 N–H and O–H groups in total. The fourth-order valence-corrected chi connectivity index (χ4v) is 0.998. The van der Waals surface area contributed by atoms with Gasteiger partial charge in [-0.1, -0.05) is 6.42 Å². The van der Waals surface area contributed by atoms with Crippen molar-refractivity contribution in [1.29, 1.82) is 0 Å². The monoisotopic (exact) mass is 112 g/mol. The molecule has 0 unspecified atom stereocenters. The van der Waals surface area contributed by atoms with E-state index in [2.05, 4.69) is 0 Å². The Labute approximate surface area is 50.0 Å². The summed E-state index contributed by atoms with van der Waals surface area (Å²) in [5.74, 6) is 0.600. The van der Waals surface area contributed by atoms with E-state index < -0.39 is 0 Å². The van der Waals surface area contributed by atoms with Crippen molar-refractivity contribution in [1.82, 2.24) is 0 Å². The van der Waals surface area contributed by atoms with Crippen molar-refractivity contribution in [2.75, 3.05) is 0 Å². The minimum Gasteiger partial charge on any atom is -0.513 e. The predicted molar refractivity (Wildman–Crippen MR) is 33.8 cm³/mol. The largest absolute Gasteiger partial charge is 0.513 e. The molecule has 1 rings (SSSR count). The van der Waals surface area contributed by atoms with E-state index in [1.54, 1.807) is 0 Å². The summed E-state index contributed by atoms with van der Waals surface area (Å²) in [7, 11) is 0. The maximum absolute atomic E-state index is 8.95. The molecule has 0 aromatic carbocycles. The Morgan fingerprint density at radius 2 is 2.12 bits per heavy atom. The van der Waals surface area contributed by atoms with Crippen LogP contribution >= 0.6 is 0 Å². The number of hydrogen-bond acceptors (Lipinski definition) is 1. The van der Waals surface area contributed by atoms with Crippen molar-refractivity contribution >= 4 is 0 Å². The SMILES string of the molecule is OC1=CCCCCC1. The van der Waals surface area contributed by atoms with Crippen molar-refractivity contribution < 1.29 is 5.11 Å². The standard InChI is InChI=1S/C7H12O/c8-7-5-3-1-2-4-6-7/h5,8H,1-4,6H2. The third-order valence-corrected chi connectivity index (χ3v) is 1.52. The summed E-state index contributed by atoms with van der Waals surface area (Å²) < 4.78 is 0. The van der Waals surface area contributed by atoms with Gasteiger partial charge in [-0.05, 0) is 25.3 Å². The highest BCUT2D eigenvalue weighted by Crippen LogP contribution is 2.13. The molecule has 0 radical (unpaired) electrons. The highest BCUT2D eigenvalue weighted by atomic mass is 16.3. The quantitative estimate of drug-likeness (QED) is 0.510. The zero-order chi connectivity index (χ0) is 5.82. The van der Waals surface area contributed by atoms with Crippen LogP contribution in [0.2, 0.25) is 0 Å². The van der Waals surface area contributed by atoms with Crippen LogP contribution in [0.25, 0.3) is 0 Å². The van der Waals surface area contributed by atoms with Crippen LogP contribution in [0.1, 0.15) is 32.1 Å². The smallest absolute Gasteiger partial charge is 0.0882 e. The molecule has 1 aliphatic carbocycles. The molecule has 0 spiro atoms. The normalized spacial score (nSPS) is 21.8. The number of allylic oxidation sites excluding steroid dienone is 2. The van der Waals surface area contributed by atoms with Gasteiger partial charge in [0.15, 0.2) is 0 Å². The highest BCUT2D eigenvalue weighted by Gasteiger charge is 1.97. The summed E-state index contributed by atoms with van der Waals surface area (Å²) in [6, 6.07) is 0. The van der Waals surface area contributed by atoms with Gasteiger partial charge in [-0.15, -0.1) is 0 Å². The molecule has 0 aliphatic heterocycles. The van der Waals surface area contributed by atoms with Gasteiger partial charge >= 0.3 is 0 Å². The van der Waals surface area contributed by atoms with Crippen molar-refractivity contribution in [3.63, 3.8) is 0 Å². The predicted octanol–water partition coefficient (Wildman–Crippen LogP) is 2.39. The Morgan fingerprint density at radius 1 is 1.25 bits per heavy atom. The fraction of sp³-hybridized carbons (Fsp3) is 0.714. The van der Waals surface area contributed by atoms with Gasteiger partial charge < -0.3 is 5.11 Å².